The van der Waals surface area contributed by atoms with Crippen LogP contribution < -0.4 is 5.32 Å². The van der Waals surface area contributed by atoms with Crippen molar-refractivity contribution in [3.8, 4) is 0 Å². The van der Waals surface area contributed by atoms with Crippen molar-refractivity contribution in [2.75, 3.05) is 14.2 Å². The van der Waals surface area contributed by atoms with Crippen molar-refractivity contribution in [2.24, 2.45) is 0 Å². The summed E-state index contributed by atoms with van der Waals surface area (Å²) in [5, 5.41) is 3.96. The van der Waals surface area contributed by atoms with Gasteiger partial charge in [-0.15, -0.1) is 0 Å². The number of nitrogens with one attached hydrogen (secondary N) is 2. The van der Waals surface area contributed by atoms with Crippen molar-refractivity contribution in [3.05, 3.63) is 35.0 Å². The Morgan fingerprint density at radius 1 is 1.24 bits per heavy atom. The molecule has 1 amide bonds. The number of benzene rings is 1. The lowest BCUT2D eigenvalue weighted by Gasteiger charge is -2.22. The van der Waals surface area contributed by atoms with Gasteiger partial charge in [0.05, 0.1) is 6.04 Å². The Morgan fingerprint density at radius 3 is 2.52 bits per heavy atom. The van der Waals surface area contributed by atoms with Crippen molar-refractivity contribution < 1.29 is 14.3 Å². The molecule has 0 saturated carbocycles. The highest BCUT2D eigenvalue weighted by molar-refractivity contribution is 5.99. The molecule has 2 aromatic rings. The zero-order chi connectivity index (χ0) is 15.6. The molecule has 1 aromatic heterocycles. The number of H-pyrrole nitrogens is 1. The summed E-state index contributed by atoms with van der Waals surface area (Å²) in [6.45, 7) is 5.92. The maximum atomic E-state index is 12.3. The number of fused-ring (bicyclic) bond motifs is 1. The molecule has 2 N–H and O–H groups in total. The van der Waals surface area contributed by atoms with Gasteiger partial charge in [-0.05, 0) is 44.5 Å². The van der Waals surface area contributed by atoms with E-state index < -0.39 is 6.29 Å². The van der Waals surface area contributed by atoms with Gasteiger partial charge >= 0.3 is 0 Å². The number of aromatic nitrogens is 1. The minimum Gasteiger partial charge on any atom is -0.358 e. The van der Waals surface area contributed by atoms with Crippen molar-refractivity contribution in [1.29, 1.82) is 0 Å². The molecule has 1 heterocycles. The molecule has 0 unspecified atom stereocenters. The fourth-order valence-electron chi connectivity index (χ4n) is 2.47. The van der Waals surface area contributed by atoms with Crippen LogP contribution in [0.1, 0.15) is 28.5 Å². The maximum Gasteiger partial charge on any atom is 0.251 e. The second-order valence-corrected chi connectivity index (χ2v) is 5.24. The zero-order valence-corrected chi connectivity index (χ0v) is 13.1. The molecular weight excluding hydrogens is 268 g/mol. The van der Waals surface area contributed by atoms with Crippen LogP contribution in [0.25, 0.3) is 10.9 Å². The number of aryl methyl sites for hydroxylation is 2. The first-order valence-corrected chi connectivity index (χ1v) is 6.93. The predicted molar refractivity (Wildman–Crippen MR) is 82.5 cm³/mol. The highest BCUT2D eigenvalue weighted by Gasteiger charge is 2.19. The number of hydrogen-bond donors (Lipinski definition) is 2. The van der Waals surface area contributed by atoms with Gasteiger partial charge in [0.15, 0.2) is 6.29 Å². The van der Waals surface area contributed by atoms with E-state index in [-0.39, 0.29) is 11.9 Å². The number of methoxy groups -OCH3 is 2. The van der Waals surface area contributed by atoms with Crippen LogP contribution in [0.5, 0.6) is 0 Å². The Labute approximate surface area is 124 Å². The molecule has 0 radical (unpaired) electrons. The lowest BCUT2D eigenvalue weighted by molar-refractivity contribution is -0.117. The predicted octanol–water partition coefficient (Wildman–Crippen LogP) is 2.52. The highest BCUT2D eigenvalue weighted by Crippen LogP contribution is 2.22. The molecule has 1 aromatic carbocycles. The third-order valence-corrected chi connectivity index (χ3v) is 3.80. The minimum absolute atomic E-state index is 0.137. The second-order valence-electron chi connectivity index (χ2n) is 5.24. The number of aromatic amines is 1. The third-order valence-electron chi connectivity index (χ3n) is 3.80. The summed E-state index contributed by atoms with van der Waals surface area (Å²) in [6, 6.07) is 5.41. The summed E-state index contributed by atoms with van der Waals surface area (Å²) < 4.78 is 10.3. The van der Waals surface area contributed by atoms with Gasteiger partial charge in [-0.25, -0.2) is 0 Å². The molecule has 0 spiro atoms. The molecule has 0 saturated heterocycles. The number of carbonyl (C=O) groups is 1. The lowest BCUT2D eigenvalue weighted by Crippen LogP contribution is -2.42. The van der Waals surface area contributed by atoms with Gasteiger partial charge in [-0.1, -0.05) is 0 Å². The van der Waals surface area contributed by atoms with Crippen LogP contribution in [0, 0.1) is 13.8 Å². The quantitative estimate of drug-likeness (QED) is 0.832. The van der Waals surface area contributed by atoms with Gasteiger partial charge in [0, 0.05) is 36.4 Å². The molecule has 5 heteroatoms. The topological polar surface area (TPSA) is 63.4 Å². The summed E-state index contributed by atoms with van der Waals surface area (Å²) in [6.07, 6.45) is -0.464. The second kappa shape index (κ2) is 6.28. The van der Waals surface area contributed by atoms with E-state index in [4.69, 9.17) is 9.47 Å². The van der Waals surface area contributed by atoms with E-state index in [1.165, 1.54) is 5.56 Å². The van der Waals surface area contributed by atoms with Crippen LogP contribution in [0.15, 0.2) is 18.2 Å². The van der Waals surface area contributed by atoms with E-state index in [0.29, 0.717) is 5.56 Å². The first kappa shape index (κ1) is 15.5. The molecular formula is C16H22N2O3. The van der Waals surface area contributed by atoms with E-state index in [9.17, 15) is 4.79 Å². The normalized spacial score (nSPS) is 12.9. The number of rotatable bonds is 5. The lowest BCUT2D eigenvalue weighted by atomic mass is 10.1. The number of carbonyl (C=O) groups excluding carboxylic acids is 1. The van der Waals surface area contributed by atoms with E-state index in [1.54, 1.807) is 14.2 Å². The van der Waals surface area contributed by atoms with E-state index in [2.05, 4.69) is 10.3 Å². The Hall–Kier alpha value is -1.85. The summed E-state index contributed by atoms with van der Waals surface area (Å²) in [4.78, 5) is 15.6. The molecule has 5 nitrogen and oxygen atoms in total. The zero-order valence-electron chi connectivity index (χ0n) is 13.1. The van der Waals surface area contributed by atoms with Crippen molar-refractivity contribution in [2.45, 2.75) is 33.1 Å². The number of ether oxygens (including phenoxy) is 2. The largest absolute Gasteiger partial charge is 0.358 e. The standard InChI is InChI=1S/C16H22N2O3/c1-9-10(2)17-14-7-6-12(8-13(9)14)15(19)18-11(3)16(20-4)21-5/h6-8,11,16-17H,1-5H3,(H,18,19)/t11-/m1/s1. The highest BCUT2D eigenvalue weighted by atomic mass is 16.7. The van der Waals surface area contributed by atoms with Crippen LogP contribution in [-0.4, -0.2) is 37.4 Å². The molecule has 1 atom stereocenters. The van der Waals surface area contributed by atoms with Gasteiger partial charge in [0.25, 0.3) is 5.91 Å². The monoisotopic (exact) mass is 290 g/mol. The van der Waals surface area contributed by atoms with Crippen LogP contribution >= 0.6 is 0 Å². The molecule has 0 aliphatic rings. The first-order chi connectivity index (χ1) is 9.97. The summed E-state index contributed by atoms with van der Waals surface area (Å²) in [7, 11) is 3.10. The van der Waals surface area contributed by atoms with Crippen LogP contribution in [0.2, 0.25) is 0 Å². The van der Waals surface area contributed by atoms with Crippen molar-refractivity contribution in [3.63, 3.8) is 0 Å². The molecule has 21 heavy (non-hydrogen) atoms. The van der Waals surface area contributed by atoms with Crippen LogP contribution in [0.4, 0.5) is 0 Å². The van der Waals surface area contributed by atoms with Crippen LogP contribution in [0.3, 0.4) is 0 Å². The molecule has 0 bridgehead atoms. The minimum atomic E-state index is -0.464. The van der Waals surface area contributed by atoms with Gasteiger partial charge in [-0.3, -0.25) is 4.79 Å². The van der Waals surface area contributed by atoms with Gasteiger partial charge in [0.1, 0.15) is 0 Å². The molecule has 0 aliphatic carbocycles. The Kier molecular flexibility index (Phi) is 4.65. The molecule has 0 fully saturated rings. The number of hydrogen-bond acceptors (Lipinski definition) is 3. The SMILES string of the molecule is COC(OC)[C@@H](C)NC(=O)c1ccc2[nH]c(C)c(C)c2c1. The average Bonchev–Trinajstić information content (AvgIpc) is 2.75. The van der Waals surface area contributed by atoms with Gasteiger partial charge in [0.2, 0.25) is 0 Å². The first-order valence-electron chi connectivity index (χ1n) is 6.93. The van der Waals surface area contributed by atoms with E-state index >= 15 is 0 Å². The smallest absolute Gasteiger partial charge is 0.251 e. The summed E-state index contributed by atoms with van der Waals surface area (Å²) in [5.41, 5.74) is 3.96. The fraction of sp³-hybridized carbons (Fsp3) is 0.438. The van der Waals surface area contributed by atoms with Crippen molar-refractivity contribution >= 4 is 16.8 Å². The third kappa shape index (κ3) is 3.09. The van der Waals surface area contributed by atoms with Crippen LogP contribution in [-0.2, 0) is 9.47 Å². The number of amides is 1. The van der Waals surface area contributed by atoms with Gasteiger partial charge in [-0.2, -0.15) is 0 Å². The molecule has 0 aliphatic heterocycles. The summed E-state index contributed by atoms with van der Waals surface area (Å²) in [5.74, 6) is -0.137. The van der Waals surface area contributed by atoms with E-state index in [1.807, 2.05) is 39.0 Å². The average molecular weight is 290 g/mol. The summed E-state index contributed by atoms with van der Waals surface area (Å²) >= 11 is 0. The Balaban J connectivity index is 2.21. The van der Waals surface area contributed by atoms with Crippen molar-refractivity contribution in [1.82, 2.24) is 10.3 Å². The fourth-order valence-corrected chi connectivity index (χ4v) is 2.47. The van der Waals surface area contributed by atoms with E-state index in [0.717, 1.165) is 16.6 Å². The maximum absolute atomic E-state index is 12.3. The molecule has 2 rings (SSSR count). The Morgan fingerprint density at radius 2 is 1.90 bits per heavy atom. The molecule has 114 valence electrons. The Bertz CT molecular complexity index is 644. The van der Waals surface area contributed by atoms with Gasteiger partial charge < -0.3 is 19.8 Å².